The lowest BCUT2D eigenvalue weighted by atomic mass is 10.1. The molecule has 1 N–H and O–H groups in total. The van der Waals surface area contributed by atoms with Crippen molar-refractivity contribution in [2.45, 2.75) is 59.3 Å². The van der Waals surface area contributed by atoms with E-state index in [-0.39, 0.29) is 5.91 Å². The molecule has 0 aromatic rings. The van der Waals surface area contributed by atoms with Gasteiger partial charge in [-0.15, -0.1) is 0 Å². The molecule has 3 heteroatoms. The van der Waals surface area contributed by atoms with Crippen LogP contribution >= 0.6 is 0 Å². The normalized spacial score (nSPS) is 10.6. The van der Waals surface area contributed by atoms with Crippen LogP contribution in [0.25, 0.3) is 0 Å². The van der Waals surface area contributed by atoms with E-state index < -0.39 is 0 Å². The molecule has 0 saturated carbocycles. The van der Waals surface area contributed by atoms with Gasteiger partial charge in [-0.1, -0.05) is 27.2 Å². The molecule has 0 atom stereocenters. The highest BCUT2D eigenvalue weighted by molar-refractivity contribution is 5.75. The second kappa shape index (κ2) is 12.9. The number of hydrogen-bond donors (Lipinski definition) is 1. The van der Waals surface area contributed by atoms with E-state index in [1.165, 1.54) is 13.0 Å². The number of nitrogens with one attached hydrogen (secondary N) is 1. The summed E-state index contributed by atoms with van der Waals surface area (Å²) >= 11 is 0. The summed E-state index contributed by atoms with van der Waals surface area (Å²) in [7, 11) is 6.62. The van der Waals surface area contributed by atoms with E-state index in [9.17, 15) is 4.79 Å². The Labute approximate surface area is 115 Å². The van der Waals surface area contributed by atoms with E-state index in [4.69, 9.17) is 0 Å². The van der Waals surface area contributed by atoms with Crippen molar-refractivity contribution in [3.8, 4) is 0 Å². The van der Waals surface area contributed by atoms with Gasteiger partial charge < -0.3 is 9.80 Å². The summed E-state index contributed by atoms with van der Waals surface area (Å²) < 4.78 is 1.02. The highest BCUT2D eigenvalue weighted by Gasteiger charge is 2.06. The van der Waals surface area contributed by atoms with E-state index >= 15 is 0 Å². The minimum absolute atomic E-state index is 0.221. The zero-order chi connectivity index (χ0) is 14.4. The van der Waals surface area contributed by atoms with Crippen LogP contribution < -0.4 is 5.32 Å². The largest absolute Gasteiger partial charge is 0.356 e. The molecule has 110 valence electrons. The molecule has 0 aromatic heterocycles. The monoisotopic (exact) mass is 259 g/mol. The van der Waals surface area contributed by atoms with Crippen LogP contribution in [-0.4, -0.2) is 44.6 Å². The summed E-state index contributed by atoms with van der Waals surface area (Å²) in [6.45, 7) is 8.17. The summed E-state index contributed by atoms with van der Waals surface area (Å²) in [6.07, 6.45) is 6.33. The lowest BCUT2D eigenvalue weighted by molar-refractivity contribution is -0.870. The molecule has 0 rings (SSSR count). The minimum Gasteiger partial charge on any atom is -0.356 e. The fourth-order valence-electron chi connectivity index (χ4n) is 1.54. The molecule has 1 amide bonds. The van der Waals surface area contributed by atoms with Crippen molar-refractivity contribution in [1.29, 1.82) is 0 Å². The number of quaternary nitrogens is 1. The van der Waals surface area contributed by atoms with Crippen molar-refractivity contribution in [2.75, 3.05) is 34.2 Å². The molecular formula is C15H35N2O+. The molecule has 0 spiro atoms. The van der Waals surface area contributed by atoms with Crippen LogP contribution in [0.5, 0.6) is 0 Å². The van der Waals surface area contributed by atoms with Gasteiger partial charge in [0.25, 0.3) is 0 Å². The van der Waals surface area contributed by atoms with Crippen LogP contribution in [0.4, 0.5) is 0 Å². The van der Waals surface area contributed by atoms with Crippen molar-refractivity contribution in [1.82, 2.24) is 5.32 Å². The predicted octanol–water partition coefficient (Wildman–Crippen LogP) is 3.20. The van der Waals surface area contributed by atoms with E-state index in [1.807, 2.05) is 13.8 Å². The lowest BCUT2D eigenvalue weighted by Crippen LogP contribution is -2.35. The van der Waals surface area contributed by atoms with Crippen molar-refractivity contribution in [2.24, 2.45) is 0 Å². The molecule has 0 heterocycles. The molecule has 0 aromatic carbocycles. The molecule has 0 radical (unpaired) electrons. The summed E-state index contributed by atoms with van der Waals surface area (Å²) in [5.74, 6) is 0.221. The van der Waals surface area contributed by atoms with Gasteiger partial charge in [0.2, 0.25) is 5.91 Å². The topological polar surface area (TPSA) is 29.1 Å². The van der Waals surface area contributed by atoms with Crippen LogP contribution in [0.2, 0.25) is 0 Å². The van der Waals surface area contributed by atoms with E-state index in [2.05, 4.69) is 33.4 Å². The third-order valence-electron chi connectivity index (χ3n) is 2.59. The molecule has 0 unspecified atom stereocenters. The maximum atomic E-state index is 11.4. The third-order valence-corrected chi connectivity index (χ3v) is 2.59. The molecule has 3 nitrogen and oxygen atoms in total. The van der Waals surface area contributed by atoms with Crippen molar-refractivity contribution >= 4 is 5.91 Å². The Balaban J connectivity index is 0. The van der Waals surface area contributed by atoms with Crippen LogP contribution in [0.1, 0.15) is 59.3 Å². The van der Waals surface area contributed by atoms with Crippen molar-refractivity contribution in [3.63, 3.8) is 0 Å². The second-order valence-corrected chi connectivity index (χ2v) is 5.53. The zero-order valence-corrected chi connectivity index (χ0v) is 13.5. The Morgan fingerprint density at radius 2 is 1.61 bits per heavy atom. The van der Waals surface area contributed by atoms with E-state index in [0.717, 1.165) is 36.7 Å². The standard InChI is InChI=1S/C13H28N2O.C2H6/c1-5-6-11-14-13(16)10-8-7-9-12-15(2,3)4;1-2/h5-12H2,1-4H3;1-2H3/p+1. The summed E-state index contributed by atoms with van der Waals surface area (Å²) in [5.41, 5.74) is 0. The number of rotatable bonds is 9. The molecule has 0 aliphatic rings. The summed E-state index contributed by atoms with van der Waals surface area (Å²) in [5, 5.41) is 2.95. The van der Waals surface area contributed by atoms with Crippen LogP contribution in [-0.2, 0) is 4.79 Å². The van der Waals surface area contributed by atoms with Crippen molar-refractivity contribution < 1.29 is 9.28 Å². The predicted molar refractivity (Wildman–Crippen MR) is 80.6 cm³/mol. The number of amides is 1. The Morgan fingerprint density at radius 3 is 2.11 bits per heavy atom. The van der Waals surface area contributed by atoms with Crippen LogP contribution in [0, 0.1) is 0 Å². The zero-order valence-electron chi connectivity index (χ0n) is 13.5. The van der Waals surface area contributed by atoms with E-state index in [1.54, 1.807) is 0 Å². The molecule has 0 aliphatic heterocycles. The Bertz CT molecular complexity index is 185. The molecule has 0 bridgehead atoms. The fourth-order valence-corrected chi connectivity index (χ4v) is 1.54. The van der Waals surface area contributed by atoms with Crippen molar-refractivity contribution in [3.05, 3.63) is 0 Å². The summed E-state index contributed by atoms with van der Waals surface area (Å²) in [4.78, 5) is 11.4. The average Bonchev–Trinajstić information content (AvgIpc) is 2.30. The highest BCUT2D eigenvalue weighted by atomic mass is 16.1. The fraction of sp³-hybridized carbons (Fsp3) is 0.933. The lowest BCUT2D eigenvalue weighted by Gasteiger charge is -2.23. The van der Waals surface area contributed by atoms with Crippen LogP contribution in [0.15, 0.2) is 0 Å². The number of nitrogens with zero attached hydrogens (tertiary/aromatic N) is 1. The van der Waals surface area contributed by atoms with Crippen LogP contribution in [0.3, 0.4) is 0 Å². The average molecular weight is 259 g/mol. The first-order valence-electron chi connectivity index (χ1n) is 7.53. The first kappa shape index (κ1) is 19.8. The quantitative estimate of drug-likeness (QED) is 0.500. The molecular weight excluding hydrogens is 224 g/mol. The van der Waals surface area contributed by atoms with E-state index in [0.29, 0.717) is 6.42 Å². The van der Waals surface area contributed by atoms with Gasteiger partial charge in [0, 0.05) is 13.0 Å². The smallest absolute Gasteiger partial charge is 0.219 e. The molecule has 0 fully saturated rings. The number of hydrogen-bond acceptors (Lipinski definition) is 1. The minimum atomic E-state index is 0.221. The maximum Gasteiger partial charge on any atom is 0.219 e. The summed E-state index contributed by atoms with van der Waals surface area (Å²) in [6, 6.07) is 0. The number of carbonyl (C=O) groups excluding carboxylic acids is 1. The number of carbonyl (C=O) groups is 1. The molecule has 18 heavy (non-hydrogen) atoms. The molecule has 0 aliphatic carbocycles. The van der Waals surface area contributed by atoms with Gasteiger partial charge in [0.05, 0.1) is 27.7 Å². The van der Waals surface area contributed by atoms with Gasteiger partial charge in [-0.25, -0.2) is 0 Å². The van der Waals surface area contributed by atoms with Gasteiger partial charge in [0.15, 0.2) is 0 Å². The highest BCUT2D eigenvalue weighted by Crippen LogP contribution is 2.03. The maximum absolute atomic E-state index is 11.4. The van der Waals surface area contributed by atoms with Gasteiger partial charge in [-0.3, -0.25) is 4.79 Å². The third kappa shape index (κ3) is 17.8. The number of unbranched alkanes of at least 4 members (excludes halogenated alkanes) is 3. The Morgan fingerprint density at radius 1 is 1.00 bits per heavy atom. The van der Waals surface area contributed by atoms with Gasteiger partial charge in [-0.05, 0) is 25.7 Å². The Kier molecular flexibility index (Phi) is 14.1. The second-order valence-electron chi connectivity index (χ2n) is 5.53. The SMILES string of the molecule is CC.CCCCNC(=O)CCCCC[N+](C)(C)C. The van der Waals surface area contributed by atoms with Gasteiger partial charge in [0.1, 0.15) is 0 Å². The Hall–Kier alpha value is -0.570. The van der Waals surface area contributed by atoms with Gasteiger partial charge >= 0.3 is 0 Å². The first-order valence-corrected chi connectivity index (χ1v) is 7.53. The molecule has 0 saturated heterocycles. The first-order chi connectivity index (χ1) is 8.45. The van der Waals surface area contributed by atoms with Gasteiger partial charge in [-0.2, -0.15) is 0 Å².